The van der Waals surface area contributed by atoms with Gasteiger partial charge in [0.1, 0.15) is 9.77 Å². The van der Waals surface area contributed by atoms with Crippen molar-refractivity contribution in [1.82, 2.24) is 0 Å². The van der Waals surface area contributed by atoms with E-state index in [-0.39, 0.29) is 21.2 Å². The Kier molecular flexibility index (Phi) is 4.05. The van der Waals surface area contributed by atoms with Crippen LogP contribution in [0.2, 0.25) is 0 Å². The van der Waals surface area contributed by atoms with Crippen molar-refractivity contribution < 1.29 is 22.3 Å². The van der Waals surface area contributed by atoms with E-state index in [1.807, 2.05) is 0 Å². The van der Waals surface area contributed by atoms with Crippen molar-refractivity contribution in [2.45, 2.75) is 11.8 Å². The smallest absolute Gasteiger partial charge is 0.339 e. The second-order valence-corrected chi connectivity index (χ2v) is 6.47. The van der Waals surface area contributed by atoms with E-state index in [1.165, 1.54) is 30.5 Å². The molecule has 0 fully saturated rings. The zero-order valence-electron chi connectivity index (χ0n) is 10.7. The van der Waals surface area contributed by atoms with Gasteiger partial charge in [-0.2, -0.15) is 8.42 Å². The number of benzene rings is 1. The zero-order valence-corrected chi connectivity index (χ0v) is 12.3. The van der Waals surface area contributed by atoms with Gasteiger partial charge in [-0.3, -0.25) is 14.9 Å². The van der Waals surface area contributed by atoms with E-state index in [0.29, 0.717) is 11.8 Å². The highest BCUT2D eigenvalue weighted by atomic mass is 32.2. The molecule has 110 valence electrons. The number of aryl methyl sites for hydroxylation is 1. The molecule has 2 rings (SSSR count). The van der Waals surface area contributed by atoms with Crippen LogP contribution in [0.15, 0.2) is 34.5 Å². The summed E-state index contributed by atoms with van der Waals surface area (Å²) in [6.45, 7) is 1.49. The summed E-state index contributed by atoms with van der Waals surface area (Å²) >= 11 is 1.03. The van der Waals surface area contributed by atoms with E-state index >= 15 is 0 Å². The molecule has 0 aliphatic heterocycles. The summed E-state index contributed by atoms with van der Waals surface area (Å²) in [5.41, 5.74) is -0.0489. The molecule has 0 aliphatic rings. The van der Waals surface area contributed by atoms with Gasteiger partial charge in [-0.25, -0.2) is 0 Å². The minimum atomic E-state index is -4.26. The molecule has 0 saturated heterocycles. The van der Waals surface area contributed by atoms with Crippen LogP contribution < -0.4 is 4.18 Å². The maximum Gasteiger partial charge on any atom is 0.339 e. The quantitative estimate of drug-likeness (QED) is 0.362. The van der Waals surface area contributed by atoms with Crippen molar-refractivity contribution in [2.24, 2.45) is 0 Å². The average Bonchev–Trinajstić information content (AvgIpc) is 2.85. The van der Waals surface area contributed by atoms with Crippen LogP contribution >= 0.6 is 11.3 Å². The van der Waals surface area contributed by atoms with Crippen LogP contribution in [0.4, 0.5) is 5.69 Å². The van der Waals surface area contributed by atoms with Crippen LogP contribution in [-0.2, 0) is 10.1 Å². The first-order chi connectivity index (χ1) is 9.85. The van der Waals surface area contributed by atoms with Gasteiger partial charge in [0.15, 0.2) is 12.0 Å². The second kappa shape index (κ2) is 5.62. The SMILES string of the molecule is Cc1ccc([N+](=O)[O-])cc1S(=O)(=O)Oc1ccsc1C=O. The zero-order chi connectivity index (χ0) is 15.6. The number of nitrogens with zero attached hydrogens (tertiary/aromatic N) is 1. The monoisotopic (exact) mass is 327 g/mol. The number of nitro groups is 1. The molecule has 0 N–H and O–H groups in total. The third-order valence-corrected chi connectivity index (χ3v) is 4.82. The van der Waals surface area contributed by atoms with Crippen LogP contribution in [0.3, 0.4) is 0 Å². The normalized spacial score (nSPS) is 11.1. The first-order valence-electron chi connectivity index (χ1n) is 5.57. The second-order valence-electron chi connectivity index (χ2n) is 4.01. The molecule has 0 unspecified atom stereocenters. The predicted molar refractivity (Wildman–Crippen MR) is 75.4 cm³/mol. The Labute approximate surface area is 124 Å². The lowest BCUT2D eigenvalue weighted by atomic mass is 10.2. The topological polar surface area (TPSA) is 104 Å². The molecule has 7 nitrogen and oxygen atoms in total. The average molecular weight is 327 g/mol. The van der Waals surface area contributed by atoms with Crippen LogP contribution in [0.5, 0.6) is 5.75 Å². The molecule has 9 heteroatoms. The lowest BCUT2D eigenvalue weighted by Gasteiger charge is -2.08. The van der Waals surface area contributed by atoms with Crippen LogP contribution in [0.1, 0.15) is 15.2 Å². The third-order valence-electron chi connectivity index (χ3n) is 2.62. The fourth-order valence-electron chi connectivity index (χ4n) is 1.60. The number of thiophene rings is 1. The maximum absolute atomic E-state index is 12.2. The highest BCUT2D eigenvalue weighted by molar-refractivity contribution is 7.87. The van der Waals surface area contributed by atoms with Gasteiger partial charge in [-0.05, 0) is 23.9 Å². The number of aldehydes is 1. The minimum absolute atomic E-state index is 0.0964. The number of hydrogen-bond acceptors (Lipinski definition) is 7. The van der Waals surface area contributed by atoms with Gasteiger partial charge in [0, 0.05) is 12.1 Å². The van der Waals surface area contributed by atoms with Gasteiger partial charge in [0.05, 0.1) is 4.92 Å². The number of non-ortho nitro benzene ring substituents is 1. The van der Waals surface area contributed by atoms with E-state index in [9.17, 15) is 23.3 Å². The first kappa shape index (κ1) is 15.1. The number of carbonyl (C=O) groups excluding carboxylic acids is 1. The van der Waals surface area contributed by atoms with Crippen LogP contribution in [0.25, 0.3) is 0 Å². The lowest BCUT2D eigenvalue weighted by molar-refractivity contribution is -0.385. The van der Waals surface area contributed by atoms with E-state index in [1.54, 1.807) is 0 Å². The minimum Gasteiger partial charge on any atom is -0.377 e. The fourth-order valence-corrected chi connectivity index (χ4v) is 3.47. The Balaban J connectivity index is 2.47. The van der Waals surface area contributed by atoms with Gasteiger partial charge in [-0.1, -0.05) is 6.07 Å². The molecule has 0 bridgehead atoms. The van der Waals surface area contributed by atoms with Gasteiger partial charge >= 0.3 is 10.1 Å². The summed E-state index contributed by atoms with van der Waals surface area (Å²) in [6.07, 6.45) is 0.482. The highest BCUT2D eigenvalue weighted by Gasteiger charge is 2.24. The molecule has 0 saturated carbocycles. The molecular weight excluding hydrogens is 318 g/mol. The molecule has 2 aromatic rings. The van der Waals surface area contributed by atoms with Crippen molar-refractivity contribution in [3.05, 3.63) is 50.2 Å². The molecule has 0 amide bonds. The molecule has 21 heavy (non-hydrogen) atoms. The number of nitro benzene ring substituents is 1. The molecule has 0 spiro atoms. The molecule has 0 aliphatic carbocycles. The Morgan fingerprint density at radius 2 is 2.05 bits per heavy atom. The Morgan fingerprint density at radius 1 is 1.33 bits per heavy atom. The molecule has 1 aromatic carbocycles. The van der Waals surface area contributed by atoms with Crippen molar-refractivity contribution >= 4 is 33.4 Å². The number of hydrogen-bond donors (Lipinski definition) is 0. The van der Waals surface area contributed by atoms with Crippen LogP contribution in [-0.4, -0.2) is 19.6 Å². The molecular formula is C12H9NO6S2. The largest absolute Gasteiger partial charge is 0.377 e. The van der Waals surface area contributed by atoms with E-state index in [0.717, 1.165) is 17.4 Å². The van der Waals surface area contributed by atoms with Gasteiger partial charge in [0.2, 0.25) is 0 Å². The van der Waals surface area contributed by atoms with Crippen molar-refractivity contribution in [1.29, 1.82) is 0 Å². The molecule has 1 heterocycles. The lowest BCUT2D eigenvalue weighted by Crippen LogP contribution is -2.12. The van der Waals surface area contributed by atoms with Crippen LogP contribution in [0, 0.1) is 17.0 Å². The first-order valence-corrected chi connectivity index (χ1v) is 7.86. The van der Waals surface area contributed by atoms with Gasteiger partial charge in [-0.15, -0.1) is 11.3 Å². The highest BCUT2D eigenvalue weighted by Crippen LogP contribution is 2.29. The van der Waals surface area contributed by atoms with Crippen molar-refractivity contribution in [3.63, 3.8) is 0 Å². The van der Waals surface area contributed by atoms with Gasteiger partial charge in [0.25, 0.3) is 5.69 Å². The third kappa shape index (κ3) is 3.09. The Morgan fingerprint density at radius 3 is 2.67 bits per heavy atom. The predicted octanol–water partition coefficient (Wildman–Crippen LogP) is 2.54. The van der Waals surface area contributed by atoms with Crippen molar-refractivity contribution in [2.75, 3.05) is 0 Å². The van der Waals surface area contributed by atoms with E-state index in [2.05, 4.69) is 0 Å². The summed E-state index contributed by atoms with van der Waals surface area (Å²) in [6, 6.07) is 4.80. The molecule has 0 radical (unpaired) electrons. The standard InChI is InChI=1S/C12H9NO6S2/c1-8-2-3-9(13(15)16)6-12(8)21(17,18)19-10-4-5-20-11(10)7-14/h2-7H,1H3. The summed E-state index contributed by atoms with van der Waals surface area (Å²) in [7, 11) is -4.26. The number of carbonyl (C=O) groups is 1. The van der Waals surface area contributed by atoms with Crippen molar-refractivity contribution in [3.8, 4) is 5.75 Å². The molecule has 1 aromatic heterocycles. The summed E-state index contributed by atoms with van der Waals surface area (Å²) in [4.78, 5) is 20.6. The fraction of sp³-hybridized carbons (Fsp3) is 0.0833. The van der Waals surface area contributed by atoms with E-state index < -0.39 is 15.0 Å². The Hall–Kier alpha value is -2.26. The summed E-state index contributed by atoms with van der Waals surface area (Å²) in [5, 5.41) is 12.2. The maximum atomic E-state index is 12.2. The Bertz CT molecular complexity index is 809. The van der Waals surface area contributed by atoms with Gasteiger partial charge < -0.3 is 4.18 Å². The summed E-state index contributed by atoms with van der Waals surface area (Å²) in [5.74, 6) is -0.0964. The number of rotatable bonds is 5. The summed E-state index contributed by atoms with van der Waals surface area (Å²) < 4.78 is 29.3. The van der Waals surface area contributed by atoms with E-state index in [4.69, 9.17) is 4.18 Å². The molecule has 0 atom stereocenters.